The number of aryl methyl sites for hydroxylation is 2. The van der Waals surface area contributed by atoms with Crippen LogP contribution in [0.4, 0.5) is 10.3 Å². The van der Waals surface area contributed by atoms with Gasteiger partial charge in [-0.1, -0.05) is 0 Å². The summed E-state index contributed by atoms with van der Waals surface area (Å²) in [6, 6.07) is 4.61. The number of carbonyl (C=O) groups is 1. The van der Waals surface area contributed by atoms with Crippen LogP contribution in [-0.4, -0.2) is 20.9 Å². The maximum absolute atomic E-state index is 13.3. The van der Waals surface area contributed by atoms with Crippen LogP contribution in [0.5, 0.6) is 0 Å². The number of aromatic nitrogens is 3. The fourth-order valence-corrected chi connectivity index (χ4v) is 1.51. The highest BCUT2D eigenvalue weighted by Gasteiger charge is 2.13. The Hall–Kier alpha value is -2.37. The molecule has 0 aliphatic heterocycles. The van der Waals surface area contributed by atoms with Gasteiger partial charge in [0.15, 0.2) is 0 Å². The number of hydrogen-bond acceptors (Lipinski definition) is 4. The minimum absolute atomic E-state index is 0.139. The van der Waals surface area contributed by atoms with E-state index in [0.29, 0.717) is 0 Å². The van der Waals surface area contributed by atoms with Gasteiger partial charge in [0.25, 0.3) is 5.91 Å². The molecule has 0 saturated carbocycles. The zero-order valence-corrected chi connectivity index (χ0v) is 9.94. The van der Waals surface area contributed by atoms with Crippen LogP contribution in [0.2, 0.25) is 0 Å². The molecular weight excluding hydrogens is 235 g/mol. The van der Waals surface area contributed by atoms with Gasteiger partial charge in [0.05, 0.1) is 5.56 Å². The van der Waals surface area contributed by atoms with Crippen LogP contribution in [0.1, 0.15) is 21.7 Å². The van der Waals surface area contributed by atoms with Crippen molar-refractivity contribution in [1.82, 2.24) is 15.0 Å². The topological polar surface area (TPSA) is 67.8 Å². The van der Waals surface area contributed by atoms with Crippen LogP contribution in [0, 0.1) is 19.8 Å². The van der Waals surface area contributed by atoms with Crippen molar-refractivity contribution in [2.75, 3.05) is 5.32 Å². The lowest BCUT2D eigenvalue weighted by Crippen LogP contribution is -2.16. The Bertz CT molecular complexity index is 580. The van der Waals surface area contributed by atoms with E-state index in [1.54, 1.807) is 19.9 Å². The molecule has 0 spiro atoms. The summed E-state index contributed by atoms with van der Waals surface area (Å²) < 4.78 is 13.3. The molecule has 0 radical (unpaired) electrons. The first-order valence-corrected chi connectivity index (χ1v) is 5.30. The van der Waals surface area contributed by atoms with E-state index in [-0.39, 0.29) is 11.5 Å². The number of halogens is 1. The lowest BCUT2D eigenvalue weighted by molar-refractivity contribution is 0.102. The van der Waals surface area contributed by atoms with E-state index >= 15 is 0 Å². The Labute approximate surface area is 103 Å². The van der Waals surface area contributed by atoms with Crippen molar-refractivity contribution in [3.8, 4) is 0 Å². The highest BCUT2D eigenvalue weighted by Crippen LogP contribution is 2.08. The normalized spacial score (nSPS) is 10.2. The third kappa shape index (κ3) is 2.65. The Morgan fingerprint density at radius 3 is 2.56 bits per heavy atom. The van der Waals surface area contributed by atoms with Gasteiger partial charge in [-0.2, -0.15) is 4.39 Å². The molecule has 0 saturated heterocycles. The van der Waals surface area contributed by atoms with Gasteiger partial charge in [0.1, 0.15) is 0 Å². The fraction of sp³-hybridized carbons (Fsp3) is 0.167. The number of carbonyl (C=O) groups excluding carboxylic acids is 1. The maximum Gasteiger partial charge on any atom is 0.262 e. The first kappa shape index (κ1) is 12.1. The average Bonchev–Trinajstić information content (AvgIpc) is 2.27. The van der Waals surface area contributed by atoms with Gasteiger partial charge in [-0.3, -0.25) is 10.1 Å². The zero-order chi connectivity index (χ0) is 13.1. The third-order valence-electron chi connectivity index (χ3n) is 2.21. The van der Waals surface area contributed by atoms with E-state index in [1.165, 1.54) is 18.3 Å². The Kier molecular flexibility index (Phi) is 3.27. The molecule has 0 aliphatic rings. The van der Waals surface area contributed by atoms with Gasteiger partial charge < -0.3 is 0 Å². The Morgan fingerprint density at radius 2 is 1.94 bits per heavy atom. The van der Waals surface area contributed by atoms with E-state index < -0.39 is 11.9 Å². The number of nitrogens with one attached hydrogen (secondary N) is 1. The van der Waals surface area contributed by atoms with Crippen molar-refractivity contribution in [2.24, 2.45) is 0 Å². The molecular formula is C12H11FN4O. The largest absolute Gasteiger partial charge is 0.290 e. The molecule has 0 aromatic carbocycles. The number of amides is 1. The fourth-order valence-electron chi connectivity index (χ4n) is 1.51. The van der Waals surface area contributed by atoms with E-state index in [2.05, 4.69) is 20.3 Å². The summed E-state index contributed by atoms with van der Waals surface area (Å²) in [5, 5.41) is 2.44. The van der Waals surface area contributed by atoms with Gasteiger partial charge in [0.2, 0.25) is 11.9 Å². The van der Waals surface area contributed by atoms with Crippen molar-refractivity contribution in [3.05, 3.63) is 47.3 Å². The lowest BCUT2D eigenvalue weighted by Gasteiger charge is -2.05. The SMILES string of the molecule is Cc1cc(C)nc(NC(=O)c2cccnc2F)n1. The van der Waals surface area contributed by atoms with E-state index in [4.69, 9.17) is 0 Å². The molecule has 0 aliphatic carbocycles. The van der Waals surface area contributed by atoms with E-state index in [9.17, 15) is 9.18 Å². The molecule has 2 aromatic heterocycles. The Morgan fingerprint density at radius 1 is 1.28 bits per heavy atom. The molecule has 6 heteroatoms. The van der Waals surface area contributed by atoms with Crippen molar-refractivity contribution < 1.29 is 9.18 Å². The number of pyridine rings is 1. The summed E-state index contributed by atoms with van der Waals surface area (Å²) in [6.45, 7) is 3.57. The maximum atomic E-state index is 13.3. The summed E-state index contributed by atoms with van der Waals surface area (Å²) in [6.07, 6.45) is 1.28. The highest BCUT2D eigenvalue weighted by molar-refractivity contribution is 6.03. The molecule has 2 aromatic rings. The quantitative estimate of drug-likeness (QED) is 0.821. The first-order chi connectivity index (χ1) is 8.56. The standard InChI is InChI=1S/C12H11FN4O/c1-7-6-8(2)16-12(15-7)17-11(18)9-4-3-5-14-10(9)13/h3-6H,1-2H3,(H,15,16,17,18). The van der Waals surface area contributed by atoms with Crippen LogP contribution < -0.4 is 5.32 Å². The van der Waals surface area contributed by atoms with E-state index in [0.717, 1.165) is 11.4 Å². The summed E-state index contributed by atoms with van der Waals surface area (Å²) >= 11 is 0. The minimum atomic E-state index is -0.820. The molecule has 1 N–H and O–H groups in total. The summed E-state index contributed by atoms with van der Waals surface area (Å²) in [7, 11) is 0. The van der Waals surface area contributed by atoms with Gasteiger partial charge >= 0.3 is 0 Å². The first-order valence-electron chi connectivity index (χ1n) is 5.30. The predicted molar refractivity (Wildman–Crippen MR) is 63.7 cm³/mol. The Balaban J connectivity index is 2.24. The molecule has 0 atom stereocenters. The van der Waals surface area contributed by atoms with Crippen molar-refractivity contribution in [2.45, 2.75) is 13.8 Å². The van der Waals surface area contributed by atoms with Crippen LogP contribution in [-0.2, 0) is 0 Å². The summed E-state index contributed by atoms with van der Waals surface area (Å²) in [5.41, 5.74) is 1.31. The zero-order valence-electron chi connectivity index (χ0n) is 9.94. The molecule has 2 heterocycles. The number of nitrogens with zero attached hydrogens (tertiary/aromatic N) is 3. The third-order valence-corrected chi connectivity index (χ3v) is 2.21. The number of hydrogen-bond donors (Lipinski definition) is 1. The van der Waals surface area contributed by atoms with Gasteiger partial charge in [-0.25, -0.2) is 15.0 Å². The second-order valence-electron chi connectivity index (χ2n) is 3.77. The van der Waals surface area contributed by atoms with Crippen LogP contribution in [0.3, 0.4) is 0 Å². The molecule has 1 amide bonds. The highest BCUT2D eigenvalue weighted by atomic mass is 19.1. The van der Waals surface area contributed by atoms with Gasteiger partial charge in [0, 0.05) is 17.6 Å². The molecule has 92 valence electrons. The minimum Gasteiger partial charge on any atom is -0.290 e. The van der Waals surface area contributed by atoms with Crippen LogP contribution >= 0.6 is 0 Å². The second-order valence-corrected chi connectivity index (χ2v) is 3.77. The molecule has 0 unspecified atom stereocenters. The second kappa shape index (κ2) is 4.87. The van der Waals surface area contributed by atoms with Crippen molar-refractivity contribution in [3.63, 3.8) is 0 Å². The number of rotatable bonds is 2. The summed E-state index contributed by atoms with van der Waals surface area (Å²) in [4.78, 5) is 23.3. The van der Waals surface area contributed by atoms with Crippen molar-refractivity contribution >= 4 is 11.9 Å². The van der Waals surface area contributed by atoms with Gasteiger partial charge in [-0.15, -0.1) is 0 Å². The van der Waals surface area contributed by atoms with Crippen molar-refractivity contribution in [1.29, 1.82) is 0 Å². The molecule has 18 heavy (non-hydrogen) atoms. The number of anilines is 1. The van der Waals surface area contributed by atoms with E-state index in [1.807, 2.05) is 0 Å². The van der Waals surface area contributed by atoms with Crippen LogP contribution in [0.15, 0.2) is 24.4 Å². The molecule has 5 nitrogen and oxygen atoms in total. The van der Waals surface area contributed by atoms with Crippen LogP contribution in [0.25, 0.3) is 0 Å². The molecule has 2 rings (SSSR count). The smallest absolute Gasteiger partial charge is 0.262 e. The molecule has 0 fully saturated rings. The monoisotopic (exact) mass is 246 g/mol. The predicted octanol–water partition coefficient (Wildman–Crippen LogP) is 1.88. The van der Waals surface area contributed by atoms with Gasteiger partial charge in [-0.05, 0) is 32.0 Å². The average molecular weight is 246 g/mol. The molecule has 0 bridgehead atoms. The lowest BCUT2D eigenvalue weighted by atomic mass is 10.2. The summed E-state index contributed by atoms with van der Waals surface area (Å²) in [5.74, 6) is -1.29.